The summed E-state index contributed by atoms with van der Waals surface area (Å²) in [5.74, 6) is 0. The molecule has 2 aliphatic heterocycles. The molecule has 92 valence electrons. The molecule has 2 N–H and O–H groups in total. The lowest BCUT2D eigenvalue weighted by Gasteiger charge is -2.45. The molecule has 2 saturated heterocycles. The van der Waals surface area contributed by atoms with Crippen LogP contribution >= 0.6 is 0 Å². The van der Waals surface area contributed by atoms with Gasteiger partial charge in [-0.3, -0.25) is 0 Å². The van der Waals surface area contributed by atoms with Gasteiger partial charge in [-0.15, -0.1) is 6.58 Å². The van der Waals surface area contributed by atoms with Gasteiger partial charge in [0.05, 0.1) is 26.4 Å². The van der Waals surface area contributed by atoms with Gasteiger partial charge < -0.3 is 24.4 Å². The molecule has 0 aromatic carbocycles. The highest BCUT2D eigenvalue weighted by molar-refractivity contribution is 5.03. The van der Waals surface area contributed by atoms with E-state index in [0.29, 0.717) is 13.2 Å². The van der Waals surface area contributed by atoms with E-state index >= 15 is 0 Å². The molecule has 5 nitrogen and oxygen atoms in total. The molecule has 0 saturated carbocycles. The Labute approximate surface area is 94.6 Å². The van der Waals surface area contributed by atoms with E-state index in [1.807, 2.05) is 0 Å². The molecule has 0 bridgehead atoms. The monoisotopic (exact) mass is 230 g/mol. The van der Waals surface area contributed by atoms with E-state index in [1.165, 1.54) is 0 Å². The Morgan fingerprint density at radius 3 is 2.81 bits per heavy atom. The average molecular weight is 230 g/mol. The van der Waals surface area contributed by atoms with Crippen LogP contribution in [0.15, 0.2) is 12.7 Å². The third-order valence-electron chi connectivity index (χ3n) is 3.23. The minimum atomic E-state index is -0.691. The van der Waals surface area contributed by atoms with Gasteiger partial charge in [-0.1, -0.05) is 6.08 Å². The molecule has 0 spiro atoms. The van der Waals surface area contributed by atoms with Crippen molar-refractivity contribution >= 4 is 0 Å². The van der Waals surface area contributed by atoms with Crippen LogP contribution in [-0.2, 0) is 14.2 Å². The van der Waals surface area contributed by atoms with E-state index in [2.05, 4.69) is 6.58 Å². The smallest absolute Gasteiger partial charge is 0.122 e. The Kier molecular flexibility index (Phi) is 3.61. The summed E-state index contributed by atoms with van der Waals surface area (Å²) in [6.45, 7) is 4.63. The molecule has 0 aromatic heterocycles. The maximum Gasteiger partial charge on any atom is 0.122 e. The largest absolute Gasteiger partial charge is 0.393 e. The van der Waals surface area contributed by atoms with E-state index in [9.17, 15) is 10.2 Å². The summed E-state index contributed by atoms with van der Waals surface area (Å²) < 4.78 is 16.4. The number of ether oxygens (including phenoxy) is 3. The third kappa shape index (κ3) is 1.89. The predicted molar refractivity (Wildman–Crippen MR) is 56.1 cm³/mol. The number of rotatable bonds is 5. The fraction of sp³-hybridized carbons (Fsp3) is 0.818. The van der Waals surface area contributed by atoms with E-state index < -0.39 is 23.9 Å². The highest BCUT2D eigenvalue weighted by atomic mass is 16.6. The van der Waals surface area contributed by atoms with Crippen molar-refractivity contribution < 1.29 is 24.4 Å². The second-order valence-electron chi connectivity index (χ2n) is 4.23. The normalized spacial score (nSPS) is 43.0. The summed E-state index contributed by atoms with van der Waals surface area (Å²) in [7, 11) is 0. The lowest BCUT2D eigenvalue weighted by atomic mass is 9.86. The second-order valence-corrected chi connectivity index (χ2v) is 4.23. The molecule has 16 heavy (non-hydrogen) atoms. The summed E-state index contributed by atoms with van der Waals surface area (Å²) in [5.41, 5.74) is -0.691. The zero-order valence-corrected chi connectivity index (χ0v) is 9.17. The first-order valence-corrected chi connectivity index (χ1v) is 5.50. The van der Waals surface area contributed by atoms with Crippen LogP contribution in [0.1, 0.15) is 6.42 Å². The fourth-order valence-corrected chi connectivity index (χ4v) is 2.23. The summed E-state index contributed by atoms with van der Waals surface area (Å²) in [6, 6.07) is 0. The first-order chi connectivity index (χ1) is 7.73. The van der Waals surface area contributed by atoms with Gasteiger partial charge in [0.25, 0.3) is 0 Å². The van der Waals surface area contributed by atoms with E-state index in [4.69, 9.17) is 14.2 Å². The zero-order valence-electron chi connectivity index (χ0n) is 9.17. The fourth-order valence-electron chi connectivity index (χ4n) is 2.23. The van der Waals surface area contributed by atoms with E-state index in [1.54, 1.807) is 6.08 Å². The van der Waals surface area contributed by atoms with Crippen molar-refractivity contribution in [2.75, 3.05) is 26.4 Å². The molecule has 5 heteroatoms. The van der Waals surface area contributed by atoms with Crippen molar-refractivity contribution in [2.24, 2.45) is 0 Å². The molecule has 2 fully saturated rings. The predicted octanol–water partition coefficient (Wildman–Crippen LogP) is -0.531. The lowest BCUT2D eigenvalue weighted by Crippen LogP contribution is -2.60. The van der Waals surface area contributed by atoms with Crippen LogP contribution in [-0.4, -0.2) is 60.6 Å². The Morgan fingerprint density at radius 1 is 1.56 bits per heavy atom. The summed E-state index contributed by atoms with van der Waals surface area (Å²) in [5, 5.41) is 19.1. The van der Waals surface area contributed by atoms with Crippen molar-refractivity contribution in [3.05, 3.63) is 12.7 Å². The van der Waals surface area contributed by atoms with Crippen LogP contribution < -0.4 is 0 Å². The van der Waals surface area contributed by atoms with Gasteiger partial charge in [0.2, 0.25) is 0 Å². The van der Waals surface area contributed by atoms with Gasteiger partial charge >= 0.3 is 0 Å². The van der Waals surface area contributed by atoms with Crippen LogP contribution in [0.25, 0.3) is 0 Å². The van der Waals surface area contributed by atoms with E-state index in [-0.39, 0.29) is 13.2 Å². The minimum absolute atomic E-state index is 0.113. The van der Waals surface area contributed by atoms with Crippen LogP contribution in [0.3, 0.4) is 0 Å². The van der Waals surface area contributed by atoms with Gasteiger partial charge in [-0.05, 0) is 0 Å². The van der Waals surface area contributed by atoms with Crippen molar-refractivity contribution in [1.29, 1.82) is 0 Å². The van der Waals surface area contributed by atoms with Crippen molar-refractivity contribution in [3.8, 4) is 0 Å². The number of hydrogen-bond donors (Lipinski definition) is 2. The number of hydrogen-bond acceptors (Lipinski definition) is 5. The number of aliphatic hydroxyl groups is 2. The molecule has 4 atom stereocenters. The first kappa shape index (κ1) is 12.0. The maximum absolute atomic E-state index is 9.74. The molecule has 0 unspecified atom stereocenters. The van der Waals surface area contributed by atoms with Crippen molar-refractivity contribution in [1.82, 2.24) is 0 Å². The minimum Gasteiger partial charge on any atom is -0.393 e. The Hall–Kier alpha value is -0.460. The highest BCUT2D eigenvalue weighted by Gasteiger charge is 2.54. The number of aliphatic hydroxyl groups excluding tert-OH is 2. The van der Waals surface area contributed by atoms with Gasteiger partial charge in [0.1, 0.15) is 23.9 Å². The van der Waals surface area contributed by atoms with Crippen LogP contribution in [0.4, 0.5) is 0 Å². The Balaban J connectivity index is 2.04. The van der Waals surface area contributed by atoms with Crippen LogP contribution in [0.5, 0.6) is 0 Å². The first-order valence-electron chi connectivity index (χ1n) is 5.50. The van der Waals surface area contributed by atoms with Crippen LogP contribution in [0, 0.1) is 0 Å². The van der Waals surface area contributed by atoms with Crippen LogP contribution in [0.2, 0.25) is 0 Å². The van der Waals surface area contributed by atoms with Gasteiger partial charge in [-0.25, -0.2) is 0 Å². The zero-order chi connectivity index (χ0) is 11.6. The molecule has 0 aliphatic carbocycles. The molecule has 2 rings (SSSR count). The summed E-state index contributed by atoms with van der Waals surface area (Å²) in [6.07, 6.45) is 0.828. The SMILES string of the molecule is C=CCO[C@@H]1[C@@H](O)CO[C@@H]1[C@]1(CO)CCO1. The van der Waals surface area contributed by atoms with Gasteiger partial charge in [-0.2, -0.15) is 0 Å². The quantitative estimate of drug-likeness (QED) is 0.621. The second kappa shape index (κ2) is 4.81. The molecule has 0 amide bonds. The summed E-state index contributed by atoms with van der Waals surface area (Å²) >= 11 is 0. The average Bonchev–Trinajstić information content (AvgIpc) is 2.58. The van der Waals surface area contributed by atoms with E-state index in [0.717, 1.165) is 6.42 Å². The van der Waals surface area contributed by atoms with Crippen molar-refractivity contribution in [2.45, 2.75) is 30.3 Å². The highest BCUT2D eigenvalue weighted by Crippen LogP contribution is 2.37. The molecule has 2 aliphatic rings. The van der Waals surface area contributed by atoms with Gasteiger partial charge in [0.15, 0.2) is 0 Å². The molecular formula is C11H18O5. The molecule has 0 aromatic rings. The lowest BCUT2D eigenvalue weighted by molar-refractivity contribution is -0.241. The molecule has 2 heterocycles. The topological polar surface area (TPSA) is 68.2 Å². The van der Waals surface area contributed by atoms with Crippen molar-refractivity contribution in [3.63, 3.8) is 0 Å². The molecule has 0 radical (unpaired) electrons. The third-order valence-corrected chi connectivity index (χ3v) is 3.23. The standard InChI is InChI=1S/C11H18O5/c1-2-4-14-9-8(13)6-15-10(9)11(7-12)3-5-16-11/h2,8-10,12-13H,1,3-7H2/t8-,9+,10-,11+/m0/s1. The molecular weight excluding hydrogens is 212 g/mol. The maximum atomic E-state index is 9.74. The Morgan fingerprint density at radius 2 is 2.31 bits per heavy atom. The van der Waals surface area contributed by atoms with Gasteiger partial charge in [0, 0.05) is 6.42 Å². The Bertz CT molecular complexity index is 245. The summed E-state index contributed by atoms with van der Waals surface area (Å²) in [4.78, 5) is 0.